The van der Waals surface area contributed by atoms with Crippen LogP contribution < -0.4 is 10.5 Å². The van der Waals surface area contributed by atoms with Crippen LogP contribution in [0, 0.1) is 20.8 Å². The third-order valence-electron chi connectivity index (χ3n) is 3.86. The lowest BCUT2D eigenvalue weighted by atomic mass is 10.0. The molecule has 1 aromatic rings. The fourth-order valence-corrected chi connectivity index (χ4v) is 4.08. The first-order chi connectivity index (χ1) is 9.08. The van der Waals surface area contributed by atoms with Crippen molar-refractivity contribution < 1.29 is 13.5 Å². The van der Waals surface area contributed by atoms with Crippen molar-refractivity contribution in [3.8, 4) is 0 Å². The molecule has 0 aromatic heterocycles. The fourth-order valence-electron chi connectivity index (χ4n) is 2.04. The summed E-state index contributed by atoms with van der Waals surface area (Å²) in [6.07, 6.45) is 0.488. The molecule has 1 aromatic carbocycles. The van der Waals surface area contributed by atoms with Gasteiger partial charge in [-0.15, -0.1) is 0 Å². The number of nitrogen functional groups attached to an aromatic ring is 1. The number of sulfonamides is 1. The van der Waals surface area contributed by atoms with Crippen molar-refractivity contribution in [2.45, 2.75) is 51.5 Å². The maximum Gasteiger partial charge on any atom is 0.241 e. The molecule has 0 heterocycles. The molecule has 0 aliphatic carbocycles. The monoisotopic (exact) mass is 300 g/mol. The maximum absolute atomic E-state index is 12.6. The molecule has 114 valence electrons. The molecule has 0 bridgehead atoms. The van der Waals surface area contributed by atoms with E-state index in [1.165, 1.54) is 0 Å². The number of aryl methyl sites for hydroxylation is 1. The van der Waals surface area contributed by atoms with E-state index in [1.54, 1.807) is 26.8 Å². The highest BCUT2D eigenvalue weighted by Gasteiger charge is 2.31. The Kier molecular flexibility index (Phi) is 4.84. The lowest BCUT2D eigenvalue weighted by Gasteiger charge is -2.28. The molecule has 1 atom stereocenters. The summed E-state index contributed by atoms with van der Waals surface area (Å²) in [5, 5.41) is 9.39. The highest BCUT2D eigenvalue weighted by atomic mass is 32.2. The van der Waals surface area contributed by atoms with Gasteiger partial charge in [-0.3, -0.25) is 0 Å². The van der Waals surface area contributed by atoms with Gasteiger partial charge in [-0.05, 0) is 56.9 Å². The summed E-state index contributed by atoms with van der Waals surface area (Å²) < 4.78 is 27.9. The summed E-state index contributed by atoms with van der Waals surface area (Å²) in [6, 6.07) is 1.77. The van der Waals surface area contributed by atoms with Crippen molar-refractivity contribution in [3.63, 3.8) is 0 Å². The molecule has 1 rings (SSSR count). The normalized spacial score (nSPS) is 15.1. The van der Waals surface area contributed by atoms with Gasteiger partial charge in [-0.1, -0.05) is 6.92 Å². The van der Waals surface area contributed by atoms with Gasteiger partial charge in [-0.25, -0.2) is 13.1 Å². The van der Waals surface area contributed by atoms with Crippen LogP contribution in [0.3, 0.4) is 0 Å². The predicted molar refractivity (Wildman–Crippen MR) is 81.2 cm³/mol. The van der Waals surface area contributed by atoms with Crippen LogP contribution in [0.5, 0.6) is 0 Å². The van der Waals surface area contributed by atoms with Gasteiger partial charge in [0.15, 0.2) is 0 Å². The number of anilines is 1. The standard InChI is InChI=1S/C14H24N2O3S/c1-6-14(5,8-17)16-20(18,19)13-10(3)9(2)7-12(15)11(13)4/h7,16-17H,6,8,15H2,1-5H3. The highest BCUT2D eigenvalue weighted by Crippen LogP contribution is 2.28. The van der Waals surface area contributed by atoms with Gasteiger partial charge in [0.25, 0.3) is 0 Å². The zero-order valence-electron chi connectivity index (χ0n) is 12.7. The summed E-state index contributed by atoms with van der Waals surface area (Å²) in [4.78, 5) is 0.211. The molecular formula is C14H24N2O3S. The smallest absolute Gasteiger partial charge is 0.241 e. The van der Waals surface area contributed by atoms with E-state index in [1.807, 2.05) is 13.8 Å². The van der Waals surface area contributed by atoms with Crippen LogP contribution in [-0.2, 0) is 10.0 Å². The largest absolute Gasteiger partial charge is 0.398 e. The van der Waals surface area contributed by atoms with Gasteiger partial charge in [0.05, 0.1) is 17.0 Å². The van der Waals surface area contributed by atoms with Crippen LogP contribution in [0.4, 0.5) is 5.69 Å². The van der Waals surface area contributed by atoms with Gasteiger partial charge >= 0.3 is 0 Å². The van der Waals surface area contributed by atoms with E-state index in [0.717, 1.165) is 5.56 Å². The minimum absolute atomic E-state index is 0.211. The molecule has 0 aliphatic heterocycles. The van der Waals surface area contributed by atoms with Crippen molar-refractivity contribution in [1.29, 1.82) is 0 Å². The van der Waals surface area contributed by atoms with E-state index in [0.29, 0.717) is 23.2 Å². The fraction of sp³-hybridized carbons (Fsp3) is 0.571. The third kappa shape index (κ3) is 3.13. The van der Waals surface area contributed by atoms with Gasteiger partial charge < -0.3 is 10.8 Å². The number of aliphatic hydroxyl groups excluding tert-OH is 1. The van der Waals surface area contributed by atoms with Gasteiger partial charge in [0.1, 0.15) is 0 Å². The Labute approximate surface area is 121 Å². The van der Waals surface area contributed by atoms with E-state index >= 15 is 0 Å². The molecule has 4 N–H and O–H groups in total. The number of rotatable bonds is 5. The molecule has 0 aliphatic rings. The SMILES string of the molecule is CCC(C)(CO)NS(=O)(=O)c1c(C)c(C)cc(N)c1C. The Hall–Kier alpha value is -1.11. The van der Waals surface area contributed by atoms with Crippen molar-refractivity contribution in [2.75, 3.05) is 12.3 Å². The number of hydrogen-bond donors (Lipinski definition) is 3. The van der Waals surface area contributed by atoms with Crippen LogP contribution >= 0.6 is 0 Å². The number of nitrogens with two attached hydrogens (primary N) is 1. The Morgan fingerprint density at radius 2 is 1.85 bits per heavy atom. The zero-order valence-corrected chi connectivity index (χ0v) is 13.6. The Bertz CT molecular complexity index is 579. The van der Waals surface area contributed by atoms with E-state index in [4.69, 9.17) is 5.73 Å². The van der Waals surface area contributed by atoms with Gasteiger partial charge in [0.2, 0.25) is 10.0 Å². The van der Waals surface area contributed by atoms with Crippen LogP contribution in [0.2, 0.25) is 0 Å². The summed E-state index contributed by atoms with van der Waals surface area (Å²) in [5.74, 6) is 0. The van der Waals surface area contributed by atoms with E-state index in [2.05, 4.69) is 4.72 Å². The van der Waals surface area contributed by atoms with Crippen LogP contribution in [0.15, 0.2) is 11.0 Å². The van der Waals surface area contributed by atoms with Crippen molar-refractivity contribution >= 4 is 15.7 Å². The first-order valence-electron chi connectivity index (χ1n) is 6.59. The molecule has 5 nitrogen and oxygen atoms in total. The highest BCUT2D eigenvalue weighted by molar-refractivity contribution is 7.89. The first kappa shape index (κ1) is 16.9. The number of hydrogen-bond acceptors (Lipinski definition) is 4. The second kappa shape index (κ2) is 5.71. The molecule has 6 heteroatoms. The Morgan fingerprint density at radius 3 is 2.30 bits per heavy atom. The van der Waals surface area contributed by atoms with Crippen LogP contribution in [0.25, 0.3) is 0 Å². The van der Waals surface area contributed by atoms with Crippen LogP contribution in [0.1, 0.15) is 37.0 Å². The molecule has 1 unspecified atom stereocenters. The zero-order chi connectivity index (χ0) is 15.7. The summed E-state index contributed by atoms with van der Waals surface area (Å²) in [5.41, 5.74) is 7.50. The number of nitrogens with one attached hydrogen (secondary N) is 1. The van der Waals surface area contributed by atoms with E-state index in [-0.39, 0.29) is 11.5 Å². The molecular weight excluding hydrogens is 276 g/mol. The molecule has 0 fully saturated rings. The van der Waals surface area contributed by atoms with E-state index < -0.39 is 15.6 Å². The van der Waals surface area contributed by atoms with Gasteiger partial charge in [0, 0.05) is 5.69 Å². The molecule has 0 spiro atoms. The minimum Gasteiger partial charge on any atom is -0.398 e. The van der Waals surface area contributed by atoms with Crippen molar-refractivity contribution in [1.82, 2.24) is 4.72 Å². The molecule has 0 radical (unpaired) electrons. The summed E-state index contributed by atoms with van der Waals surface area (Å²) in [6.45, 7) is 8.52. The van der Waals surface area contributed by atoms with E-state index in [9.17, 15) is 13.5 Å². The number of benzene rings is 1. The molecule has 0 saturated carbocycles. The van der Waals surface area contributed by atoms with Crippen LogP contribution in [-0.4, -0.2) is 25.7 Å². The molecule has 0 amide bonds. The first-order valence-corrected chi connectivity index (χ1v) is 8.07. The summed E-state index contributed by atoms with van der Waals surface area (Å²) in [7, 11) is -3.74. The molecule has 20 heavy (non-hydrogen) atoms. The Balaban J connectivity index is 3.44. The quantitative estimate of drug-likeness (QED) is 0.721. The topological polar surface area (TPSA) is 92.4 Å². The van der Waals surface area contributed by atoms with Crippen molar-refractivity contribution in [2.24, 2.45) is 0 Å². The second-order valence-electron chi connectivity index (χ2n) is 5.54. The lowest BCUT2D eigenvalue weighted by molar-refractivity contribution is 0.191. The Morgan fingerprint density at radius 1 is 1.30 bits per heavy atom. The second-order valence-corrected chi connectivity index (χ2v) is 7.16. The summed E-state index contributed by atoms with van der Waals surface area (Å²) >= 11 is 0. The number of aliphatic hydroxyl groups is 1. The maximum atomic E-state index is 12.6. The lowest BCUT2D eigenvalue weighted by Crippen LogP contribution is -2.48. The average Bonchev–Trinajstić information content (AvgIpc) is 2.35. The third-order valence-corrected chi connectivity index (χ3v) is 5.77. The predicted octanol–water partition coefficient (Wildman–Crippen LogP) is 1.63. The minimum atomic E-state index is -3.74. The van der Waals surface area contributed by atoms with Gasteiger partial charge in [-0.2, -0.15) is 0 Å². The average molecular weight is 300 g/mol. The van der Waals surface area contributed by atoms with Crippen molar-refractivity contribution in [3.05, 3.63) is 22.8 Å². The molecule has 0 saturated heterocycles.